The second-order valence-electron chi connectivity index (χ2n) is 5.05. The molecule has 1 heterocycles. The van der Waals surface area contributed by atoms with E-state index < -0.39 is 18.4 Å². The number of aliphatic hydroxyl groups is 1. The molecule has 1 aromatic carbocycles. The summed E-state index contributed by atoms with van der Waals surface area (Å²) in [6.45, 7) is 1.31. The lowest BCUT2D eigenvalue weighted by Crippen LogP contribution is -2.28. The summed E-state index contributed by atoms with van der Waals surface area (Å²) in [6, 6.07) is 7.14. The van der Waals surface area contributed by atoms with Crippen LogP contribution in [0.1, 0.15) is 24.3 Å². The summed E-state index contributed by atoms with van der Waals surface area (Å²) in [4.78, 5) is 11.9. The van der Waals surface area contributed by atoms with E-state index >= 15 is 0 Å². The molecule has 0 bridgehead atoms. The Morgan fingerprint density at radius 1 is 1.38 bits per heavy atom. The first kappa shape index (κ1) is 17.8. The summed E-state index contributed by atoms with van der Waals surface area (Å²) >= 11 is 0. The Labute approximate surface area is 135 Å². The van der Waals surface area contributed by atoms with Gasteiger partial charge in [0.1, 0.15) is 12.3 Å². The highest BCUT2D eigenvalue weighted by Gasteiger charge is 2.31. The molecule has 0 spiro atoms. The van der Waals surface area contributed by atoms with E-state index in [9.17, 15) is 23.1 Å². The average Bonchev–Trinajstić information content (AvgIpc) is 2.93. The van der Waals surface area contributed by atoms with E-state index in [1.807, 2.05) is 0 Å². The maximum atomic E-state index is 12.3. The molecule has 0 aliphatic rings. The smallest absolute Gasteiger partial charge is 0.405 e. The van der Waals surface area contributed by atoms with Gasteiger partial charge in [-0.2, -0.15) is 5.10 Å². The minimum absolute atomic E-state index is 0.115. The van der Waals surface area contributed by atoms with Crippen molar-refractivity contribution in [1.82, 2.24) is 15.1 Å². The number of halogens is 3. The lowest BCUT2D eigenvalue weighted by molar-refractivity contribution is -0.274. The van der Waals surface area contributed by atoms with Crippen molar-refractivity contribution < 1.29 is 27.8 Å². The van der Waals surface area contributed by atoms with Crippen LogP contribution in [0.15, 0.2) is 36.5 Å². The van der Waals surface area contributed by atoms with Crippen LogP contribution in [-0.2, 0) is 17.9 Å². The zero-order chi connectivity index (χ0) is 17.7. The Hall–Kier alpha value is -2.55. The second kappa shape index (κ2) is 7.35. The van der Waals surface area contributed by atoms with Crippen molar-refractivity contribution in [2.75, 3.05) is 0 Å². The molecule has 2 aromatic rings. The zero-order valence-corrected chi connectivity index (χ0v) is 12.7. The van der Waals surface area contributed by atoms with Crippen molar-refractivity contribution in [1.29, 1.82) is 0 Å². The topological polar surface area (TPSA) is 76.4 Å². The number of hydrogen-bond acceptors (Lipinski definition) is 4. The average molecular weight is 343 g/mol. The number of carbonyl (C=O) groups excluding carboxylic acids is 1. The van der Waals surface area contributed by atoms with Crippen LogP contribution in [0.4, 0.5) is 13.2 Å². The molecule has 6 nitrogen and oxygen atoms in total. The number of benzene rings is 1. The van der Waals surface area contributed by atoms with E-state index in [4.69, 9.17) is 0 Å². The number of rotatable bonds is 6. The van der Waals surface area contributed by atoms with Crippen LogP contribution in [0.25, 0.3) is 0 Å². The van der Waals surface area contributed by atoms with E-state index in [-0.39, 0.29) is 24.4 Å². The third kappa shape index (κ3) is 5.27. The van der Waals surface area contributed by atoms with E-state index in [0.717, 1.165) is 0 Å². The normalized spacial score (nSPS) is 12.7. The summed E-state index contributed by atoms with van der Waals surface area (Å²) in [6.07, 6.45) is -4.02. The van der Waals surface area contributed by atoms with Crippen molar-refractivity contribution >= 4 is 5.91 Å². The Morgan fingerprint density at radius 2 is 2.08 bits per heavy atom. The number of para-hydroxylation sites is 1. The molecule has 0 saturated heterocycles. The molecule has 1 aromatic heterocycles. The minimum atomic E-state index is -4.80. The van der Waals surface area contributed by atoms with Gasteiger partial charge in [0.25, 0.3) is 0 Å². The standard InChI is InChI=1S/C15H16F3N3O3/c1-10(22)12-6-7-21(20-12)9-14(23)19-8-11-4-2-3-5-13(11)24-15(16,17)18/h2-7,10,22H,8-9H2,1H3,(H,19,23)/t10-/m0/s1. The summed E-state index contributed by atoms with van der Waals surface area (Å²) in [5.41, 5.74) is 0.625. The number of nitrogens with zero attached hydrogens (tertiary/aromatic N) is 2. The van der Waals surface area contributed by atoms with E-state index in [1.165, 1.54) is 29.1 Å². The Balaban J connectivity index is 1.94. The Kier molecular flexibility index (Phi) is 5.45. The largest absolute Gasteiger partial charge is 0.573 e. The van der Waals surface area contributed by atoms with Crippen molar-refractivity contribution in [3.63, 3.8) is 0 Å². The van der Waals surface area contributed by atoms with Gasteiger partial charge in [-0.05, 0) is 19.1 Å². The molecule has 0 saturated carbocycles. The first-order valence-corrected chi connectivity index (χ1v) is 7.06. The number of hydrogen-bond donors (Lipinski definition) is 2. The number of aromatic nitrogens is 2. The SMILES string of the molecule is C[C@H](O)c1ccn(CC(=O)NCc2ccccc2OC(F)(F)F)n1. The molecule has 130 valence electrons. The highest BCUT2D eigenvalue weighted by Crippen LogP contribution is 2.26. The lowest BCUT2D eigenvalue weighted by atomic mass is 10.2. The summed E-state index contributed by atoms with van der Waals surface area (Å²) < 4.78 is 42.2. The summed E-state index contributed by atoms with van der Waals surface area (Å²) in [5.74, 6) is -0.794. The maximum absolute atomic E-state index is 12.3. The number of nitrogens with one attached hydrogen (secondary N) is 1. The van der Waals surface area contributed by atoms with E-state index in [1.54, 1.807) is 19.1 Å². The number of alkyl halides is 3. The van der Waals surface area contributed by atoms with Gasteiger partial charge in [0, 0.05) is 18.3 Å². The zero-order valence-electron chi connectivity index (χ0n) is 12.7. The molecule has 0 aliphatic heterocycles. The molecule has 0 aliphatic carbocycles. The highest BCUT2D eigenvalue weighted by molar-refractivity contribution is 5.75. The third-order valence-electron chi connectivity index (χ3n) is 3.07. The summed E-state index contributed by atoms with van der Waals surface area (Å²) in [7, 11) is 0. The number of amides is 1. The molecule has 0 radical (unpaired) electrons. The monoisotopic (exact) mass is 343 g/mol. The molecule has 24 heavy (non-hydrogen) atoms. The fraction of sp³-hybridized carbons (Fsp3) is 0.333. The predicted molar refractivity (Wildman–Crippen MR) is 77.8 cm³/mol. The molecule has 1 atom stereocenters. The van der Waals surface area contributed by atoms with E-state index in [2.05, 4.69) is 15.2 Å². The summed E-state index contributed by atoms with van der Waals surface area (Å²) in [5, 5.41) is 15.9. The van der Waals surface area contributed by atoms with Crippen LogP contribution in [0.2, 0.25) is 0 Å². The fourth-order valence-electron chi connectivity index (χ4n) is 1.96. The minimum Gasteiger partial charge on any atom is -0.405 e. The molecule has 2 rings (SSSR count). The fourth-order valence-corrected chi connectivity index (χ4v) is 1.96. The first-order valence-electron chi connectivity index (χ1n) is 7.06. The molecular weight excluding hydrogens is 327 g/mol. The van der Waals surface area contributed by atoms with Crippen molar-refractivity contribution in [2.45, 2.75) is 32.5 Å². The van der Waals surface area contributed by atoms with Crippen LogP contribution in [0, 0.1) is 0 Å². The lowest BCUT2D eigenvalue weighted by Gasteiger charge is -2.13. The van der Waals surface area contributed by atoms with E-state index in [0.29, 0.717) is 5.69 Å². The Morgan fingerprint density at radius 3 is 2.71 bits per heavy atom. The van der Waals surface area contributed by atoms with Gasteiger partial charge < -0.3 is 15.2 Å². The van der Waals surface area contributed by atoms with Gasteiger partial charge in [-0.3, -0.25) is 9.48 Å². The second-order valence-corrected chi connectivity index (χ2v) is 5.05. The van der Waals surface area contributed by atoms with Gasteiger partial charge in [-0.1, -0.05) is 18.2 Å². The van der Waals surface area contributed by atoms with Gasteiger partial charge in [-0.15, -0.1) is 13.2 Å². The molecule has 0 fully saturated rings. The molecule has 1 amide bonds. The van der Waals surface area contributed by atoms with Crippen molar-refractivity contribution in [3.8, 4) is 5.75 Å². The van der Waals surface area contributed by atoms with Crippen LogP contribution >= 0.6 is 0 Å². The van der Waals surface area contributed by atoms with Gasteiger partial charge in [0.15, 0.2) is 0 Å². The third-order valence-corrected chi connectivity index (χ3v) is 3.07. The van der Waals surface area contributed by atoms with Crippen molar-refractivity contribution in [3.05, 3.63) is 47.8 Å². The van der Waals surface area contributed by atoms with Crippen molar-refractivity contribution in [2.24, 2.45) is 0 Å². The van der Waals surface area contributed by atoms with Gasteiger partial charge in [0.2, 0.25) is 5.91 Å². The van der Waals surface area contributed by atoms with Crippen LogP contribution < -0.4 is 10.1 Å². The molecule has 0 unspecified atom stereocenters. The molecular formula is C15H16F3N3O3. The highest BCUT2D eigenvalue weighted by atomic mass is 19.4. The molecule has 2 N–H and O–H groups in total. The maximum Gasteiger partial charge on any atom is 0.573 e. The number of carbonyl (C=O) groups is 1. The van der Waals surface area contributed by atoms with Gasteiger partial charge in [0.05, 0.1) is 11.8 Å². The quantitative estimate of drug-likeness (QED) is 0.843. The van der Waals surface area contributed by atoms with Crippen LogP contribution in [0.5, 0.6) is 5.75 Å². The number of aliphatic hydroxyl groups excluding tert-OH is 1. The molecule has 9 heteroatoms. The number of ether oxygens (including phenoxy) is 1. The predicted octanol–water partition coefficient (Wildman–Crippen LogP) is 2.15. The van der Waals surface area contributed by atoms with Gasteiger partial charge in [-0.25, -0.2) is 0 Å². The van der Waals surface area contributed by atoms with Gasteiger partial charge >= 0.3 is 6.36 Å². The first-order chi connectivity index (χ1) is 11.2. The Bertz CT molecular complexity index is 699. The van der Waals surface area contributed by atoms with Crippen LogP contribution in [0.3, 0.4) is 0 Å². The van der Waals surface area contributed by atoms with Crippen LogP contribution in [-0.4, -0.2) is 27.2 Å².